The van der Waals surface area contributed by atoms with Crippen molar-refractivity contribution >= 4 is 0 Å². The molecule has 0 aliphatic heterocycles. The second-order valence-electron chi connectivity index (χ2n) is 4.29. The predicted molar refractivity (Wildman–Crippen MR) is 90.1 cm³/mol. The fourth-order valence-corrected chi connectivity index (χ4v) is 1.22. The zero-order valence-electron chi connectivity index (χ0n) is 14.2. The van der Waals surface area contributed by atoms with Gasteiger partial charge in [0.25, 0.3) is 0 Å². The van der Waals surface area contributed by atoms with Gasteiger partial charge in [-0.2, -0.15) is 13.2 Å². The van der Waals surface area contributed by atoms with E-state index in [-0.39, 0.29) is 6.61 Å². The van der Waals surface area contributed by atoms with Crippen molar-refractivity contribution in [3.05, 3.63) is 47.5 Å². The third-order valence-corrected chi connectivity index (χ3v) is 2.41. The van der Waals surface area contributed by atoms with Crippen LogP contribution in [0.15, 0.2) is 36.4 Å². The van der Waals surface area contributed by atoms with Crippen LogP contribution in [0.25, 0.3) is 0 Å². The molecular weight excluding hydrogens is 322 g/mol. The lowest BCUT2D eigenvalue weighted by Crippen LogP contribution is -2.26. The SMILES string of the molecule is CC.CC#C/C=C\Cc1ccc(C(F)(F)F)cc1.NC(CO)CF. The molecule has 1 atom stereocenters. The van der Waals surface area contributed by atoms with E-state index in [1.165, 1.54) is 12.1 Å². The quantitative estimate of drug-likeness (QED) is 0.635. The van der Waals surface area contributed by atoms with Gasteiger partial charge in [0.2, 0.25) is 0 Å². The van der Waals surface area contributed by atoms with E-state index in [1.807, 2.05) is 19.9 Å². The van der Waals surface area contributed by atoms with Crippen LogP contribution in [0.3, 0.4) is 0 Å². The van der Waals surface area contributed by atoms with Crippen molar-refractivity contribution in [2.45, 2.75) is 39.4 Å². The van der Waals surface area contributed by atoms with Crippen LogP contribution in [0.2, 0.25) is 0 Å². The lowest BCUT2D eigenvalue weighted by atomic mass is 10.1. The van der Waals surface area contributed by atoms with Gasteiger partial charge in [-0.1, -0.05) is 38.0 Å². The molecule has 1 rings (SSSR count). The summed E-state index contributed by atoms with van der Waals surface area (Å²) in [7, 11) is 0. The first-order valence-corrected chi connectivity index (χ1v) is 7.51. The van der Waals surface area contributed by atoms with Crippen LogP contribution in [0.4, 0.5) is 17.6 Å². The van der Waals surface area contributed by atoms with Crippen molar-refractivity contribution in [1.29, 1.82) is 0 Å². The Morgan fingerprint density at radius 1 is 1.21 bits per heavy atom. The smallest absolute Gasteiger partial charge is 0.395 e. The average molecular weight is 347 g/mol. The molecule has 24 heavy (non-hydrogen) atoms. The molecule has 0 aliphatic rings. The van der Waals surface area contributed by atoms with Gasteiger partial charge in [-0.25, -0.2) is 4.39 Å². The first-order chi connectivity index (χ1) is 11.3. The maximum atomic E-state index is 12.2. The summed E-state index contributed by atoms with van der Waals surface area (Å²) in [4.78, 5) is 0. The number of aliphatic hydroxyl groups excluding tert-OH is 1. The van der Waals surface area contributed by atoms with E-state index in [0.717, 1.165) is 17.7 Å². The van der Waals surface area contributed by atoms with E-state index in [4.69, 9.17) is 10.8 Å². The molecular formula is C18H25F4NO. The van der Waals surface area contributed by atoms with Crippen molar-refractivity contribution in [1.82, 2.24) is 0 Å². The molecule has 0 spiro atoms. The molecule has 0 radical (unpaired) electrons. The Kier molecular flexibility index (Phi) is 15.0. The third kappa shape index (κ3) is 12.7. The van der Waals surface area contributed by atoms with Crippen LogP contribution in [0, 0.1) is 11.8 Å². The largest absolute Gasteiger partial charge is 0.416 e. The van der Waals surface area contributed by atoms with Gasteiger partial charge in [0, 0.05) is 0 Å². The summed E-state index contributed by atoms with van der Waals surface area (Å²) in [5.74, 6) is 5.44. The monoisotopic (exact) mass is 347 g/mol. The van der Waals surface area contributed by atoms with E-state index in [9.17, 15) is 17.6 Å². The van der Waals surface area contributed by atoms with Crippen LogP contribution in [-0.4, -0.2) is 24.4 Å². The summed E-state index contributed by atoms with van der Waals surface area (Å²) in [6.07, 6.45) is -0.161. The Labute approximate surface area is 141 Å². The maximum Gasteiger partial charge on any atom is 0.416 e. The van der Waals surface area contributed by atoms with Gasteiger partial charge >= 0.3 is 6.18 Å². The lowest BCUT2D eigenvalue weighted by Gasteiger charge is -2.06. The fraction of sp³-hybridized carbons (Fsp3) is 0.444. The van der Waals surface area contributed by atoms with Crippen molar-refractivity contribution in [3.63, 3.8) is 0 Å². The molecule has 0 heterocycles. The molecule has 136 valence electrons. The summed E-state index contributed by atoms with van der Waals surface area (Å²) in [6, 6.07) is 4.47. The van der Waals surface area contributed by atoms with E-state index in [2.05, 4.69) is 11.8 Å². The number of benzene rings is 1. The number of halogens is 4. The molecule has 6 heteroatoms. The first kappa shape index (κ1) is 24.4. The summed E-state index contributed by atoms with van der Waals surface area (Å²) in [6.45, 7) is 4.81. The zero-order chi connectivity index (χ0) is 19.0. The third-order valence-electron chi connectivity index (χ3n) is 2.41. The van der Waals surface area contributed by atoms with Crippen LogP contribution in [0.5, 0.6) is 0 Å². The molecule has 0 saturated carbocycles. The highest BCUT2D eigenvalue weighted by molar-refractivity contribution is 5.27. The van der Waals surface area contributed by atoms with Crippen LogP contribution < -0.4 is 5.73 Å². The summed E-state index contributed by atoms with van der Waals surface area (Å²) >= 11 is 0. The van der Waals surface area contributed by atoms with Crippen LogP contribution >= 0.6 is 0 Å². The molecule has 0 bridgehead atoms. The van der Waals surface area contributed by atoms with E-state index in [0.29, 0.717) is 6.42 Å². The number of hydrogen-bond acceptors (Lipinski definition) is 2. The van der Waals surface area contributed by atoms with Crippen molar-refractivity contribution in [3.8, 4) is 11.8 Å². The number of alkyl halides is 4. The summed E-state index contributed by atoms with van der Waals surface area (Å²) in [5, 5.41) is 7.97. The normalized spacial score (nSPS) is 11.4. The molecule has 0 amide bonds. The highest BCUT2D eigenvalue weighted by Crippen LogP contribution is 2.29. The Morgan fingerprint density at radius 3 is 2.08 bits per heavy atom. The molecule has 3 N–H and O–H groups in total. The second kappa shape index (κ2) is 14.7. The Morgan fingerprint density at radius 2 is 1.75 bits per heavy atom. The Balaban J connectivity index is 0. The van der Waals surface area contributed by atoms with Crippen LogP contribution in [-0.2, 0) is 12.6 Å². The van der Waals surface area contributed by atoms with Gasteiger partial charge in [-0.05, 0) is 37.1 Å². The molecule has 1 unspecified atom stereocenters. The molecule has 0 saturated heterocycles. The van der Waals surface area contributed by atoms with Gasteiger partial charge in [0.15, 0.2) is 0 Å². The van der Waals surface area contributed by atoms with E-state index >= 15 is 0 Å². The number of nitrogens with two attached hydrogens (primary N) is 1. The van der Waals surface area contributed by atoms with Gasteiger partial charge in [0.1, 0.15) is 6.67 Å². The minimum atomic E-state index is -4.26. The van der Waals surface area contributed by atoms with Crippen molar-refractivity contribution in [2.75, 3.05) is 13.3 Å². The highest BCUT2D eigenvalue weighted by Gasteiger charge is 2.29. The first-order valence-electron chi connectivity index (χ1n) is 7.51. The van der Waals surface area contributed by atoms with Gasteiger partial charge in [0.05, 0.1) is 18.2 Å². The van der Waals surface area contributed by atoms with Crippen molar-refractivity contribution < 1.29 is 22.7 Å². The molecule has 0 aromatic heterocycles. The number of rotatable bonds is 4. The molecule has 2 nitrogen and oxygen atoms in total. The zero-order valence-corrected chi connectivity index (χ0v) is 14.2. The van der Waals surface area contributed by atoms with Crippen LogP contribution in [0.1, 0.15) is 31.9 Å². The predicted octanol–water partition coefficient (Wildman–Crippen LogP) is 4.13. The van der Waals surface area contributed by atoms with E-state index < -0.39 is 24.5 Å². The maximum absolute atomic E-state index is 12.2. The molecule has 1 aromatic rings. The summed E-state index contributed by atoms with van der Waals surface area (Å²) in [5.41, 5.74) is 5.07. The highest BCUT2D eigenvalue weighted by atomic mass is 19.4. The van der Waals surface area contributed by atoms with Gasteiger partial charge < -0.3 is 10.8 Å². The number of aliphatic hydroxyl groups is 1. The second-order valence-corrected chi connectivity index (χ2v) is 4.29. The van der Waals surface area contributed by atoms with Crippen molar-refractivity contribution in [2.24, 2.45) is 5.73 Å². The van der Waals surface area contributed by atoms with Gasteiger partial charge in [-0.15, -0.1) is 5.92 Å². The minimum absolute atomic E-state index is 0.267. The topological polar surface area (TPSA) is 46.2 Å². The minimum Gasteiger partial charge on any atom is -0.395 e. The fourth-order valence-electron chi connectivity index (χ4n) is 1.22. The molecule has 1 aromatic carbocycles. The molecule has 0 aliphatic carbocycles. The standard InChI is InChI=1S/C13H11F3.C3H8FNO.C2H6/c1-2-3-4-5-6-11-7-9-12(10-8-11)13(14,15)16;4-1-3(5)2-6;1-2/h4-5,7-10H,6H2,1H3;3,6H,1-2,5H2;1-2H3/b5-4-;;. The average Bonchev–Trinajstić information content (AvgIpc) is 2.60. The number of hydrogen-bond donors (Lipinski definition) is 2. The lowest BCUT2D eigenvalue weighted by molar-refractivity contribution is -0.137. The molecule has 0 fully saturated rings. The number of allylic oxidation sites excluding steroid dienone is 2. The Bertz CT molecular complexity index is 494. The summed E-state index contributed by atoms with van der Waals surface area (Å²) < 4.78 is 47.8. The Hall–Kier alpha value is -1.84. The van der Waals surface area contributed by atoms with Gasteiger partial charge in [-0.3, -0.25) is 0 Å². The van der Waals surface area contributed by atoms with E-state index in [1.54, 1.807) is 13.0 Å².